The molecule has 0 radical (unpaired) electrons. The topological polar surface area (TPSA) is 86.5 Å². The van der Waals surface area contributed by atoms with E-state index in [4.69, 9.17) is 0 Å². The molecule has 0 fully saturated rings. The van der Waals surface area contributed by atoms with Crippen LogP contribution in [0.2, 0.25) is 0 Å². The predicted octanol–water partition coefficient (Wildman–Crippen LogP) is 4.43. The fourth-order valence-electron chi connectivity index (χ4n) is 3.25. The SMILES string of the molecule is Cc1cc(C=C(C#N)c2nc3ccccc3[nH]2)c(C)n1NC(=O)c1ccccc1. The highest BCUT2D eigenvalue weighted by Crippen LogP contribution is 2.22. The fourth-order valence-corrected chi connectivity index (χ4v) is 3.25. The monoisotopic (exact) mass is 381 g/mol. The number of carbonyl (C=O) groups excluding carboxylic acids is 1. The summed E-state index contributed by atoms with van der Waals surface area (Å²) in [5.74, 6) is 0.326. The van der Waals surface area contributed by atoms with Crippen molar-refractivity contribution in [3.8, 4) is 6.07 Å². The molecule has 2 aromatic heterocycles. The number of nitrogens with one attached hydrogen (secondary N) is 2. The minimum absolute atomic E-state index is 0.194. The van der Waals surface area contributed by atoms with E-state index in [1.165, 1.54) is 0 Å². The number of aromatic amines is 1. The van der Waals surface area contributed by atoms with E-state index in [0.29, 0.717) is 17.0 Å². The number of aromatic nitrogens is 3. The molecule has 0 bridgehead atoms. The van der Waals surface area contributed by atoms with Gasteiger partial charge in [-0.1, -0.05) is 30.3 Å². The van der Waals surface area contributed by atoms with Crippen LogP contribution in [0.3, 0.4) is 0 Å². The lowest BCUT2D eigenvalue weighted by molar-refractivity contribution is 0.101. The number of benzene rings is 2. The zero-order valence-electron chi connectivity index (χ0n) is 16.1. The Bertz CT molecular complexity index is 1240. The molecule has 0 aliphatic heterocycles. The molecule has 0 spiro atoms. The van der Waals surface area contributed by atoms with Crippen LogP contribution in [0.4, 0.5) is 0 Å². The van der Waals surface area contributed by atoms with Crippen molar-refractivity contribution in [2.75, 3.05) is 5.43 Å². The van der Waals surface area contributed by atoms with Gasteiger partial charge in [-0.25, -0.2) is 4.98 Å². The third-order valence-electron chi connectivity index (χ3n) is 4.78. The number of hydrogen-bond acceptors (Lipinski definition) is 3. The van der Waals surface area contributed by atoms with Gasteiger partial charge >= 0.3 is 0 Å². The molecule has 0 aliphatic carbocycles. The second-order valence-electron chi connectivity index (χ2n) is 6.74. The van der Waals surface area contributed by atoms with Gasteiger partial charge in [0.1, 0.15) is 11.9 Å². The van der Waals surface area contributed by atoms with E-state index in [1.54, 1.807) is 22.9 Å². The Morgan fingerprint density at radius 3 is 2.59 bits per heavy atom. The molecule has 0 saturated carbocycles. The van der Waals surface area contributed by atoms with Crippen molar-refractivity contribution in [2.45, 2.75) is 13.8 Å². The maximum Gasteiger partial charge on any atom is 0.270 e. The van der Waals surface area contributed by atoms with Crippen LogP contribution in [0.15, 0.2) is 60.7 Å². The zero-order valence-corrected chi connectivity index (χ0v) is 16.1. The molecule has 0 atom stereocenters. The Kier molecular flexibility index (Phi) is 4.71. The summed E-state index contributed by atoms with van der Waals surface area (Å²) in [6, 6.07) is 20.8. The first-order valence-electron chi connectivity index (χ1n) is 9.19. The van der Waals surface area contributed by atoms with Crippen LogP contribution in [-0.4, -0.2) is 20.6 Å². The molecule has 2 aromatic carbocycles. The molecule has 0 saturated heterocycles. The van der Waals surface area contributed by atoms with E-state index in [-0.39, 0.29) is 5.91 Å². The lowest BCUT2D eigenvalue weighted by Gasteiger charge is -2.11. The van der Waals surface area contributed by atoms with Crippen molar-refractivity contribution in [3.05, 3.63) is 89.0 Å². The smallest absolute Gasteiger partial charge is 0.270 e. The predicted molar refractivity (Wildman–Crippen MR) is 114 cm³/mol. The minimum Gasteiger partial charge on any atom is -0.337 e. The summed E-state index contributed by atoms with van der Waals surface area (Å²) in [6.07, 6.45) is 1.78. The maximum absolute atomic E-state index is 12.5. The number of amides is 1. The minimum atomic E-state index is -0.194. The number of carbonyl (C=O) groups is 1. The molecule has 4 rings (SSSR count). The van der Waals surface area contributed by atoms with Gasteiger partial charge in [0.25, 0.3) is 5.91 Å². The summed E-state index contributed by atoms with van der Waals surface area (Å²) >= 11 is 0. The van der Waals surface area contributed by atoms with Crippen molar-refractivity contribution in [1.29, 1.82) is 5.26 Å². The number of aryl methyl sites for hydroxylation is 1. The summed E-state index contributed by atoms with van der Waals surface area (Å²) in [5.41, 5.74) is 8.14. The second-order valence-corrected chi connectivity index (χ2v) is 6.74. The van der Waals surface area contributed by atoms with E-state index in [9.17, 15) is 10.1 Å². The van der Waals surface area contributed by atoms with E-state index in [0.717, 1.165) is 28.0 Å². The molecule has 29 heavy (non-hydrogen) atoms. The van der Waals surface area contributed by atoms with Crippen molar-refractivity contribution in [3.63, 3.8) is 0 Å². The normalized spacial score (nSPS) is 11.4. The highest BCUT2D eigenvalue weighted by molar-refractivity contribution is 6.00. The third kappa shape index (κ3) is 3.54. The molecule has 4 aromatic rings. The van der Waals surface area contributed by atoms with Crippen LogP contribution < -0.4 is 5.43 Å². The standard InChI is InChI=1S/C23H19N5O/c1-15-12-18(16(2)28(15)27-23(29)17-8-4-3-5-9-17)13-19(14-24)22-25-20-10-6-7-11-21(20)26-22/h3-13H,1-2H3,(H,25,26)(H,27,29). The molecule has 0 unspecified atom stereocenters. The first-order chi connectivity index (χ1) is 14.1. The number of imidazole rings is 1. The summed E-state index contributed by atoms with van der Waals surface area (Å²) < 4.78 is 1.73. The van der Waals surface area contributed by atoms with Gasteiger partial charge in [-0.2, -0.15) is 5.26 Å². The largest absolute Gasteiger partial charge is 0.337 e. The lowest BCUT2D eigenvalue weighted by Crippen LogP contribution is -2.24. The van der Waals surface area contributed by atoms with Crippen LogP contribution in [0.1, 0.15) is 33.1 Å². The molecular weight excluding hydrogens is 362 g/mol. The van der Waals surface area contributed by atoms with Gasteiger partial charge in [0.2, 0.25) is 0 Å². The Labute approximate surface area is 168 Å². The van der Waals surface area contributed by atoms with Gasteiger partial charge in [0.05, 0.1) is 16.6 Å². The number of rotatable bonds is 4. The average molecular weight is 381 g/mol. The maximum atomic E-state index is 12.5. The van der Waals surface area contributed by atoms with Crippen molar-refractivity contribution >= 4 is 28.6 Å². The summed E-state index contributed by atoms with van der Waals surface area (Å²) in [4.78, 5) is 20.2. The third-order valence-corrected chi connectivity index (χ3v) is 4.78. The van der Waals surface area contributed by atoms with Crippen molar-refractivity contribution in [1.82, 2.24) is 14.6 Å². The van der Waals surface area contributed by atoms with Crippen LogP contribution in [0.5, 0.6) is 0 Å². The van der Waals surface area contributed by atoms with E-state index in [1.807, 2.05) is 62.4 Å². The van der Waals surface area contributed by atoms with Crippen molar-refractivity contribution < 1.29 is 4.79 Å². The molecule has 142 valence electrons. The van der Waals surface area contributed by atoms with Gasteiger partial charge in [-0.05, 0) is 55.8 Å². The second kappa shape index (κ2) is 7.49. The van der Waals surface area contributed by atoms with Crippen molar-refractivity contribution in [2.24, 2.45) is 0 Å². The first-order valence-corrected chi connectivity index (χ1v) is 9.19. The fraction of sp³-hybridized carbons (Fsp3) is 0.0870. The zero-order chi connectivity index (χ0) is 20.4. The number of nitrogens with zero attached hydrogens (tertiary/aromatic N) is 3. The molecule has 2 N–H and O–H groups in total. The molecule has 6 nitrogen and oxygen atoms in total. The molecule has 1 amide bonds. The van der Waals surface area contributed by atoms with E-state index in [2.05, 4.69) is 21.5 Å². The molecule has 2 heterocycles. The number of allylic oxidation sites excluding steroid dienone is 1. The number of H-pyrrole nitrogens is 1. The summed E-state index contributed by atoms with van der Waals surface area (Å²) in [6.45, 7) is 3.81. The van der Waals surface area contributed by atoms with Crippen LogP contribution in [0.25, 0.3) is 22.7 Å². The summed E-state index contributed by atoms with van der Waals surface area (Å²) in [5, 5.41) is 9.67. The Morgan fingerprint density at radius 1 is 1.14 bits per heavy atom. The lowest BCUT2D eigenvalue weighted by atomic mass is 10.1. The number of fused-ring (bicyclic) bond motifs is 1. The number of hydrogen-bond donors (Lipinski definition) is 2. The first kappa shape index (κ1) is 18.3. The molecule has 6 heteroatoms. The highest BCUT2D eigenvalue weighted by atomic mass is 16.2. The number of para-hydroxylation sites is 2. The molecule has 0 aliphatic rings. The van der Waals surface area contributed by atoms with Crippen LogP contribution in [0, 0.1) is 25.2 Å². The van der Waals surface area contributed by atoms with E-state index >= 15 is 0 Å². The highest BCUT2D eigenvalue weighted by Gasteiger charge is 2.14. The van der Waals surface area contributed by atoms with Gasteiger partial charge in [-0.3, -0.25) is 14.9 Å². The Hall–Kier alpha value is -4.11. The van der Waals surface area contributed by atoms with Gasteiger partial charge in [0, 0.05) is 17.0 Å². The van der Waals surface area contributed by atoms with Crippen LogP contribution in [-0.2, 0) is 0 Å². The quantitative estimate of drug-likeness (QED) is 0.513. The Balaban J connectivity index is 1.67. The van der Waals surface area contributed by atoms with E-state index < -0.39 is 0 Å². The van der Waals surface area contributed by atoms with Gasteiger partial charge in [0.15, 0.2) is 0 Å². The van der Waals surface area contributed by atoms with Gasteiger partial charge in [-0.15, -0.1) is 0 Å². The molecular formula is C23H19N5O. The average Bonchev–Trinajstić information content (AvgIpc) is 3.28. The van der Waals surface area contributed by atoms with Gasteiger partial charge < -0.3 is 4.98 Å². The van der Waals surface area contributed by atoms with Crippen LogP contribution >= 0.6 is 0 Å². The number of nitriles is 1. The summed E-state index contributed by atoms with van der Waals surface area (Å²) in [7, 11) is 0. The Morgan fingerprint density at radius 2 is 1.86 bits per heavy atom.